The normalized spacial score (nSPS) is 15.5. The Morgan fingerprint density at radius 3 is 2.67 bits per heavy atom. The van der Waals surface area contributed by atoms with Crippen LogP contribution in [-0.2, 0) is 12.8 Å². The molecule has 0 saturated carbocycles. The third kappa shape index (κ3) is 3.85. The molecule has 1 N–H and O–H groups in total. The molecule has 2 aromatic carbocycles. The van der Waals surface area contributed by atoms with Crippen molar-refractivity contribution < 1.29 is 9.94 Å². The van der Waals surface area contributed by atoms with E-state index in [2.05, 4.69) is 48.5 Å². The molecule has 0 aliphatic carbocycles. The number of rotatable bonds is 5. The predicted molar refractivity (Wildman–Crippen MR) is 98.1 cm³/mol. The number of nitrogens with zero attached hydrogens (tertiary/aromatic N) is 1. The number of allylic oxidation sites excluding steroid dienone is 1. The summed E-state index contributed by atoms with van der Waals surface area (Å²) in [4.78, 5) is 0. The molecule has 1 aliphatic heterocycles. The van der Waals surface area contributed by atoms with Crippen molar-refractivity contribution in [2.75, 3.05) is 6.61 Å². The molecule has 1 aliphatic rings. The Morgan fingerprint density at radius 2 is 1.92 bits per heavy atom. The fraction of sp³-hybridized carbons (Fsp3) is 0.286. The van der Waals surface area contributed by atoms with Gasteiger partial charge in [0.05, 0.1) is 12.3 Å². The van der Waals surface area contributed by atoms with Gasteiger partial charge in [0.25, 0.3) is 0 Å². The van der Waals surface area contributed by atoms with E-state index in [9.17, 15) is 0 Å². The summed E-state index contributed by atoms with van der Waals surface area (Å²) in [5.41, 5.74) is 5.44. The molecule has 124 valence electrons. The molecule has 3 nitrogen and oxygen atoms in total. The van der Waals surface area contributed by atoms with Gasteiger partial charge >= 0.3 is 0 Å². The Bertz CT molecular complexity index is 745. The molecule has 2 aromatic rings. The highest BCUT2D eigenvalue weighted by molar-refractivity contribution is 6.03. The minimum absolute atomic E-state index is 0.563. The first kappa shape index (κ1) is 16.3. The number of hydrogen-bond acceptors (Lipinski definition) is 3. The van der Waals surface area contributed by atoms with Gasteiger partial charge in [-0.1, -0.05) is 54.6 Å². The van der Waals surface area contributed by atoms with E-state index in [0.29, 0.717) is 18.7 Å². The lowest BCUT2D eigenvalue weighted by Gasteiger charge is -2.18. The van der Waals surface area contributed by atoms with Crippen LogP contribution in [0, 0.1) is 0 Å². The van der Waals surface area contributed by atoms with E-state index in [-0.39, 0.29) is 0 Å². The third-order valence-corrected chi connectivity index (χ3v) is 4.37. The van der Waals surface area contributed by atoms with Crippen LogP contribution >= 0.6 is 0 Å². The maximum Gasteiger partial charge on any atom is 0.129 e. The van der Waals surface area contributed by atoms with Gasteiger partial charge in [-0.3, -0.25) is 0 Å². The molecular formula is C21H23NO2. The summed E-state index contributed by atoms with van der Waals surface area (Å²) in [7, 11) is 0. The topological polar surface area (TPSA) is 41.8 Å². The molecule has 0 bridgehead atoms. The van der Waals surface area contributed by atoms with Crippen molar-refractivity contribution in [2.24, 2.45) is 5.16 Å². The van der Waals surface area contributed by atoms with Crippen LogP contribution in [0.25, 0.3) is 6.08 Å². The average Bonchev–Trinajstić information content (AvgIpc) is 2.65. The molecule has 0 spiro atoms. The van der Waals surface area contributed by atoms with Gasteiger partial charge in [0, 0.05) is 12.0 Å². The molecule has 0 fully saturated rings. The van der Waals surface area contributed by atoms with Crippen LogP contribution in [0.1, 0.15) is 42.0 Å². The molecule has 0 radical (unpaired) electrons. The Morgan fingerprint density at radius 1 is 1.12 bits per heavy atom. The van der Waals surface area contributed by atoms with Crippen molar-refractivity contribution in [3.8, 4) is 5.75 Å². The van der Waals surface area contributed by atoms with E-state index in [4.69, 9.17) is 9.94 Å². The molecule has 0 unspecified atom stereocenters. The Balaban J connectivity index is 1.60. The number of fused-ring (bicyclic) bond motifs is 1. The summed E-state index contributed by atoms with van der Waals surface area (Å²) in [5.74, 6) is 0.798. The lowest BCUT2D eigenvalue weighted by molar-refractivity contribution is 0.298. The average molecular weight is 321 g/mol. The van der Waals surface area contributed by atoms with E-state index in [1.807, 2.05) is 18.2 Å². The van der Waals surface area contributed by atoms with E-state index < -0.39 is 0 Å². The lowest BCUT2D eigenvalue weighted by Crippen LogP contribution is -2.16. The third-order valence-electron chi connectivity index (χ3n) is 4.37. The van der Waals surface area contributed by atoms with Crippen molar-refractivity contribution in [3.63, 3.8) is 0 Å². The van der Waals surface area contributed by atoms with Crippen LogP contribution in [0.5, 0.6) is 5.75 Å². The second kappa shape index (κ2) is 7.82. The Hall–Kier alpha value is -2.55. The Kier molecular flexibility index (Phi) is 5.32. The smallest absolute Gasteiger partial charge is 0.129 e. The van der Waals surface area contributed by atoms with Gasteiger partial charge in [-0.25, -0.2) is 0 Å². The van der Waals surface area contributed by atoms with Gasteiger partial charge in [-0.2, -0.15) is 0 Å². The number of hydrogen-bond donors (Lipinski definition) is 1. The number of aryl methyl sites for hydroxylation is 2. The monoisotopic (exact) mass is 321 g/mol. The molecule has 0 atom stereocenters. The van der Waals surface area contributed by atoms with Crippen LogP contribution in [0.15, 0.2) is 53.7 Å². The van der Waals surface area contributed by atoms with Crippen molar-refractivity contribution in [1.29, 1.82) is 0 Å². The van der Waals surface area contributed by atoms with Gasteiger partial charge in [0.1, 0.15) is 5.75 Å². The molecular weight excluding hydrogens is 298 g/mol. The van der Waals surface area contributed by atoms with Gasteiger partial charge in [-0.05, 0) is 48.1 Å². The highest BCUT2D eigenvalue weighted by Crippen LogP contribution is 2.27. The highest BCUT2D eigenvalue weighted by Gasteiger charge is 2.16. The zero-order valence-corrected chi connectivity index (χ0v) is 14.0. The summed E-state index contributed by atoms with van der Waals surface area (Å²) in [6, 6.07) is 14.9. The van der Waals surface area contributed by atoms with Crippen LogP contribution < -0.4 is 4.74 Å². The van der Waals surface area contributed by atoms with Crippen LogP contribution in [0.4, 0.5) is 0 Å². The lowest BCUT2D eigenvalue weighted by atomic mass is 10.0. The first-order chi connectivity index (χ1) is 11.8. The minimum atomic E-state index is 0.563. The number of benzene rings is 2. The second-order valence-corrected chi connectivity index (χ2v) is 6.01. The fourth-order valence-corrected chi connectivity index (χ4v) is 2.91. The van der Waals surface area contributed by atoms with Gasteiger partial charge in [-0.15, -0.1) is 0 Å². The zero-order valence-electron chi connectivity index (χ0n) is 14.0. The Labute approximate surface area is 143 Å². The first-order valence-corrected chi connectivity index (χ1v) is 8.52. The predicted octanol–water partition coefficient (Wildman–Crippen LogP) is 4.86. The van der Waals surface area contributed by atoms with Crippen LogP contribution in [0.3, 0.4) is 0 Å². The first-order valence-electron chi connectivity index (χ1n) is 8.52. The van der Waals surface area contributed by atoms with Crippen molar-refractivity contribution >= 4 is 11.8 Å². The van der Waals surface area contributed by atoms with Crippen molar-refractivity contribution in [3.05, 3.63) is 70.8 Å². The maximum atomic E-state index is 9.04. The van der Waals surface area contributed by atoms with E-state index in [0.717, 1.165) is 36.1 Å². The quantitative estimate of drug-likeness (QED) is 0.631. The fourth-order valence-electron chi connectivity index (χ4n) is 2.91. The molecule has 3 rings (SSSR count). The van der Waals surface area contributed by atoms with Crippen LogP contribution in [-0.4, -0.2) is 17.5 Å². The van der Waals surface area contributed by atoms with E-state index in [1.165, 1.54) is 11.1 Å². The molecule has 1 heterocycles. The summed E-state index contributed by atoms with van der Waals surface area (Å²) >= 11 is 0. The van der Waals surface area contributed by atoms with Gasteiger partial charge in [0.15, 0.2) is 0 Å². The minimum Gasteiger partial charge on any atom is -0.492 e. The molecule has 0 amide bonds. The molecule has 3 heteroatoms. The molecule has 0 aromatic heterocycles. The van der Waals surface area contributed by atoms with Gasteiger partial charge in [0.2, 0.25) is 0 Å². The summed E-state index contributed by atoms with van der Waals surface area (Å²) < 4.78 is 5.67. The van der Waals surface area contributed by atoms with E-state index in [1.54, 1.807) is 0 Å². The number of ether oxygens (including phenoxy) is 1. The summed E-state index contributed by atoms with van der Waals surface area (Å²) in [5, 5.41) is 12.4. The van der Waals surface area contributed by atoms with E-state index >= 15 is 0 Å². The van der Waals surface area contributed by atoms with Crippen molar-refractivity contribution in [1.82, 2.24) is 0 Å². The maximum absolute atomic E-state index is 9.04. The second-order valence-electron chi connectivity index (χ2n) is 6.01. The highest BCUT2D eigenvalue weighted by atomic mass is 16.5. The van der Waals surface area contributed by atoms with Crippen molar-refractivity contribution in [2.45, 2.75) is 32.6 Å². The SMILES string of the molecule is CCc1ccc(CC/C=C/c2ccc3c(c2)OCCC3=NO)cc1. The number of oxime groups is 1. The molecule has 24 heavy (non-hydrogen) atoms. The van der Waals surface area contributed by atoms with Crippen LogP contribution in [0.2, 0.25) is 0 Å². The molecule has 0 saturated heterocycles. The summed E-state index contributed by atoms with van der Waals surface area (Å²) in [6.07, 6.45) is 8.10. The zero-order chi connectivity index (χ0) is 16.8. The largest absolute Gasteiger partial charge is 0.492 e. The van der Waals surface area contributed by atoms with Gasteiger partial charge < -0.3 is 9.94 Å². The summed E-state index contributed by atoms with van der Waals surface area (Å²) in [6.45, 7) is 2.74. The standard InChI is InChI=1S/C21H23NO2/c1-2-16-7-9-17(10-8-16)5-3-4-6-18-11-12-19-20(22-23)13-14-24-21(19)15-18/h4,6-12,15,23H,2-3,5,13-14H2,1H3/b6-4+,22-20?.